The van der Waals surface area contributed by atoms with Crippen LogP contribution in [0.5, 0.6) is 0 Å². The molecule has 4 aromatic rings. The lowest BCUT2D eigenvalue weighted by molar-refractivity contribution is 0.103. The van der Waals surface area contributed by atoms with Crippen molar-refractivity contribution in [3.05, 3.63) is 87.6 Å². The Bertz CT molecular complexity index is 1120. The summed E-state index contributed by atoms with van der Waals surface area (Å²) in [6.45, 7) is 0. The van der Waals surface area contributed by atoms with Crippen molar-refractivity contribution in [3.8, 4) is 11.3 Å². The van der Waals surface area contributed by atoms with Crippen LogP contribution in [0.25, 0.3) is 11.3 Å². The van der Waals surface area contributed by atoms with Gasteiger partial charge in [0.25, 0.3) is 5.91 Å². The molecule has 8 heteroatoms. The van der Waals surface area contributed by atoms with Crippen LogP contribution in [-0.4, -0.2) is 17.1 Å². The van der Waals surface area contributed by atoms with Crippen LogP contribution < -0.4 is 10.7 Å². The SMILES string of the molecule is O=C(Nc1sc(N/N=C/c2ccccc2)nc1-c1ccc(Cl)cc1)c1cccs1. The Balaban J connectivity index is 1.60. The van der Waals surface area contributed by atoms with E-state index in [0.29, 0.717) is 25.7 Å². The van der Waals surface area contributed by atoms with E-state index in [0.717, 1.165) is 11.1 Å². The normalized spacial score (nSPS) is 10.9. The number of amides is 1. The lowest BCUT2D eigenvalue weighted by Crippen LogP contribution is -2.09. The fourth-order valence-corrected chi connectivity index (χ4v) is 4.11. The molecule has 0 unspecified atom stereocenters. The number of nitrogens with zero attached hydrogens (tertiary/aromatic N) is 2. The molecule has 0 saturated heterocycles. The molecule has 0 atom stereocenters. The van der Waals surface area contributed by atoms with Gasteiger partial charge in [0.2, 0.25) is 5.13 Å². The molecule has 0 radical (unpaired) electrons. The third-order valence-electron chi connectivity index (χ3n) is 3.89. The highest BCUT2D eigenvalue weighted by Crippen LogP contribution is 2.36. The van der Waals surface area contributed by atoms with E-state index >= 15 is 0 Å². The van der Waals surface area contributed by atoms with E-state index in [1.165, 1.54) is 22.7 Å². The molecule has 2 aromatic heterocycles. The van der Waals surface area contributed by atoms with E-state index in [2.05, 4.69) is 20.8 Å². The van der Waals surface area contributed by atoms with E-state index < -0.39 is 0 Å². The Labute approximate surface area is 180 Å². The zero-order valence-electron chi connectivity index (χ0n) is 15.0. The lowest BCUT2D eigenvalue weighted by Gasteiger charge is -2.04. The van der Waals surface area contributed by atoms with Crippen molar-refractivity contribution in [2.45, 2.75) is 0 Å². The summed E-state index contributed by atoms with van der Waals surface area (Å²) in [6.07, 6.45) is 1.72. The van der Waals surface area contributed by atoms with E-state index in [-0.39, 0.29) is 5.91 Å². The van der Waals surface area contributed by atoms with Gasteiger partial charge in [-0.25, -0.2) is 4.98 Å². The van der Waals surface area contributed by atoms with Gasteiger partial charge in [0.15, 0.2) is 0 Å². The van der Waals surface area contributed by atoms with Gasteiger partial charge in [0.1, 0.15) is 10.7 Å². The Morgan fingerprint density at radius 2 is 1.83 bits per heavy atom. The molecule has 4 rings (SSSR count). The molecule has 0 saturated carbocycles. The minimum absolute atomic E-state index is 0.168. The highest BCUT2D eigenvalue weighted by Gasteiger charge is 2.17. The number of benzene rings is 2. The Morgan fingerprint density at radius 1 is 1.03 bits per heavy atom. The Morgan fingerprint density at radius 3 is 2.55 bits per heavy atom. The maximum atomic E-state index is 12.5. The highest BCUT2D eigenvalue weighted by molar-refractivity contribution is 7.20. The van der Waals surface area contributed by atoms with Crippen LogP contribution in [0.1, 0.15) is 15.2 Å². The number of thiazole rings is 1. The number of thiophene rings is 1. The average molecular weight is 439 g/mol. The number of halogens is 1. The molecule has 2 N–H and O–H groups in total. The van der Waals surface area contributed by atoms with E-state index in [4.69, 9.17) is 11.6 Å². The molecule has 2 aromatic carbocycles. The minimum Gasteiger partial charge on any atom is -0.311 e. The third kappa shape index (κ3) is 4.89. The first-order valence-corrected chi connectivity index (χ1v) is 10.7. The van der Waals surface area contributed by atoms with Crippen LogP contribution in [0.2, 0.25) is 5.02 Å². The van der Waals surface area contributed by atoms with Crippen molar-refractivity contribution in [1.29, 1.82) is 0 Å². The summed E-state index contributed by atoms with van der Waals surface area (Å²) in [5, 5.41) is 10.9. The molecule has 5 nitrogen and oxygen atoms in total. The van der Waals surface area contributed by atoms with Gasteiger partial charge in [0, 0.05) is 10.6 Å². The number of hydrogen-bond acceptors (Lipinski definition) is 6. The molecule has 0 fully saturated rings. The molecule has 0 bridgehead atoms. The highest BCUT2D eigenvalue weighted by atomic mass is 35.5. The molecule has 0 spiro atoms. The number of aromatic nitrogens is 1. The molecule has 0 aliphatic heterocycles. The summed E-state index contributed by atoms with van der Waals surface area (Å²) in [6, 6.07) is 20.7. The van der Waals surface area contributed by atoms with Crippen molar-refractivity contribution in [2.24, 2.45) is 5.10 Å². The maximum Gasteiger partial charge on any atom is 0.266 e. The molecule has 0 aliphatic carbocycles. The first-order chi connectivity index (χ1) is 14.2. The number of hydrazone groups is 1. The average Bonchev–Trinajstić information content (AvgIpc) is 3.40. The minimum atomic E-state index is -0.168. The van der Waals surface area contributed by atoms with Gasteiger partial charge < -0.3 is 5.32 Å². The molecule has 29 heavy (non-hydrogen) atoms. The van der Waals surface area contributed by atoms with E-state index in [1.54, 1.807) is 24.4 Å². The Hall–Kier alpha value is -3.00. The largest absolute Gasteiger partial charge is 0.311 e. The van der Waals surface area contributed by atoms with Gasteiger partial charge in [-0.15, -0.1) is 11.3 Å². The predicted octanol–water partition coefficient (Wildman–Crippen LogP) is 6.22. The van der Waals surface area contributed by atoms with Gasteiger partial charge in [-0.1, -0.05) is 71.5 Å². The zero-order valence-corrected chi connectivity index (χ0v) is 17.4. The van der Waals surface area contributed by atoms with Gasteiger partial charge in [-0.05, 0) is 29.1 Å². The summed E-state index contributed by atoms with van der Waals surface area (Å²) >= 11 is 8.72. The smallest absolute Gasteiger partial charge is 0.266 e. The van der Waals surface area contributed by atoms with Crippen molar-refractivity contribution >= 4 is 56.5 Å². The predicted molar refractivity (Wildman–Crippen MR) is 122 cm³/mol. The number of nitrogens with one attached hydrogen (secondary N) is 2. The van der Waals surface area contributed by atoms with Gasteiger partial charge in [0.05, 0.1) is 11.1 Å². The molecule has 2 heterocycles. The quantitative estimate of drug-likeness (QED) is 0.277. The van der Waals surface area contributed by atoms with Crippen molar-refractivity contribution < 1.29 is 4.79 Å². The maximum absolute atomic E-state index is 12.5. The third-order valence-corrected chi connectivity index (χ3v) is 5.89. The molecule has 1 amide bonds. The second-order valence-electron chi connectivity index (χ2n) is 5.92. The number of hydrogen-bond donors (Lipinski definition) is 2. The van der Waals surface area contributed by atoms with Crippen molar-refractivity contribution in [3.63, 3.8) is 0 Å². The molecular weight excluding hydrogens is 424 g/mol. The van der Waals surface area contributed by atoms with Crippen LogP contribution in [0.3, 0.4) is 0 Å². The van der Waals surface area contributed by atoms with Gasteiger partial charge in [-0.2, -0.15) is 5.10 Å². The zero-order chi connectivity index (χ0) is 20.1. The van der Waals surface area contributed by atoms with E-state index in [1.807, 2.05) is 53.9 Å². The van der Waals surface area contributed by atoms with Crippen molar-refractivity contribution in [1.82, 2.24) is 4.98 Å². The van der Waals surface area contributed by atoms with Gasteiger partial charge >= 0.3 is 0 Å². The topological polar surface area (TPSA) is 66.4 Å². The first kappa shape index (κ1) is 19.3. The van der Waals surface area contributed by atoms with Crippen LogP contribution >= 0.6 is 34.3 Å². The van der Waals surface area contributed by atoms with Gasteiger partial charge in [-0.3, -0.25) is 10.2 Å². The lowest BCUT2D eigenvalue weighted by atomic mass is 10.1. The summed E-state index contributed by atoms with van der Waals surface area (Å²) < 4.78 is 0. The number of carbonyl (C=O) groups is 1. The number of carbonyl (C=O) groups excluding carboxylic acids is 1. The second-order valence-corrected chi connectivity index (χ2v) is 8.30. The van der Waals surface area contributed by atoms with E-state index in [9.17, 15) is 4.79 Å². The fraction of sp³-hybridized carbons (Fsp3) is 0. The standard InChI is InChI=1S/C21H15ClN4OS2/c22-16-10-8-15(9-11-16)18-20(25-19(27)17-7-4-12-28-17)29-21(24-18)26-23-13-14-5-2-1-3-6-14/h1-13H,(H,24,26)(H,25,27)/b23-13+. The molecular formula is C21H15ClN4OS2. The monoisotopic (exact) mass is 438 g/mol. The Kier molecular flexibility index (Phi) is 6.00. The van der Waals surface area contributed by atoms with Crippen LogP contribution in [0, 0.1) is 0 Å². The summed E-state index contributed by atoms with van der Waals surface area (Å²) in [7, 11) is 0. The summed E-state index contributed by atoms with van der Waals surface area (Å²) in [5.41, 5.74) is 5.43. The second kappa shape index (κ2) is 9.00. The number of rotatable bonds is 6. The van der Waals surface area contributed by atoms with Crippen molar-refractivity contribution in [2.75, 3.05) is 10.7 Å². The van der Waals surface area contributed by atoms with Crippen LogP contribution in [0.15, 0.2) is 77.2 Å². The molecule has 0 aliphatic rings. The summed E-state index contributed by atoms with van der Waals surface area (Å²) in [4.78, 5) is 17.8. The fourth-order valence-electron chi connectivity index (χ4n) is 2.53. The first-order valence-electron chi connectivity index (χ1n) is 8.65. The summed E-state index contributed by atoms with van der Waals surface area (Å²) in [5.74, 6) is -0.168. The number of anilines is 2. The molecule has 144 valence electrons. The van der Waals surface area contributed by atoms with Crippen LogP contribution in [0.4, 0.5) is 10.1 Å². The van der Waals surface area contributed by atoms with Crippen LogP contribution in [-0.2, 0) is 0 Å².